The van der Waals surface area contributed by atoms with Gasteiger partial charge in [-0.1, -0.05) is 12.1 Å². The Morgan fingerprint density at radius 2 is 1.81 bits per heavy atom. The third kappa shape index (κ3) is 3.40. The molecule has 0 aliphatic carbocycles. The normalized spacial score (nSPS) is 14.5. The van der Waals surface area contributed by atoms with Crippen LogP contribution in [0, 0.1) is 0 Å². The van der Waals surface area contributed by atoms with E-state index >= 15 is 0 Å². The van der Waals surface area contributed by atoms with E-state index in [1.165, 1.54) is 4.90 Å². The molecule has 0 N–H and O–H groups in total. The van der Waals surface area contributed by atoms with Crippen molar-refractivity contribution in [1.82, 2.24) is 9.47 Å². The predicted octanol–water partition coefficient (Wildman–Crippen LogP) is 3.42. The second-order valence-electron chi connectivity index (χ2n) is 7.84. The largest absolute Gasteiger partial charge is 0.493 e. The lowest BCUT2D eigenvalue weighted by atomic mass is 10.1. The van der Waals surface area contributed by atoms with Crippen molar-refractivity contribution < 1.29 is 19.0 Å². The van der Waals surface area contributed by atoms with Gasteiger partial charge in [0.15, 0.2) is 11.5 Å². The zero-order valence-corrected chi connectivity index (χ0v) is 18.4. The minimum absolute atomic E-state index is 0.174. The van der Waals surface area contributed by atoms with Crippen LogP contribution in [0.15, 0.2) is 41.3 Å². The van der Waals surface area contributed by atoms with Gasteiger partial charge in [0, 0.05) is 31.2 Å². The van der Waals surface area contributed by atoms with Crippen molar-refractivity contribution in [2.45, 2.75) is 25.9 Å². The number of hydrogen-bond acceptors (Lipinski definition) is 5. The predicted molar refractivity (Wildman–Crippen MR) is 119 cm³/mol. The van der Waals surface area contributed by atoms with Crippen molar-refractivity contribution in [1.29, 1.82) is 0 Å². The highest BCUT2D eigenvalue weighted by Crippen LogP contribution is 2.38. The number of carbonyl (C=O) groups is 1. The number of hydrogen-bond donors (Lipinski definition) is 0. The van der Waals surface area contributed by atoms with Gasteiger partial charge in [-0.3, -0.25) is 9.59 Å². The van der Waals surface area contributed by atoms with Crippen LogP contribution in [0.5, 0.6) is 17.2 Å². The summed E-state index contributed by atoms with van der Waals surface area (Å²) in [5.41, 5.74) is 2.82. The van der Waals surface area contributed by atoms with Gasteiger partial charge in [0.1, 0.15) is 5.56 Å². The van der Waals surface area contributed by atoms with E-state index in [0.717, 1.165) is 23.1 Å². The van der Waals surface area contributed by atoms with Crippen molar-refractivity contribution in [2.24, 2.45) is 0 Å². The Hall–Kier alpha value is -3.48. The van der Waals surface area contributed by atoms with E-state index < -0.39 is 0 Å². The number of nitrogens with zero attached hydrogens (tertiary/aromatic N) is 2. The van der Waals surface area contributed by atoms with Crippen molar-refractivity contribution in [3.05, 3.63) is 63.4 Å². The summed E-state index contributed by atoms with van der Waals surface area (Å²) >= 11 is 0. The van der Waals surface area contributed by atoms with Gasteiger partial charge in [0.25, 0.3) is 5.91 Å². The topological polar surface area (TPSA) is 70.0 Å². The minimum atomic E-state index is -0.325. The fourth-order valence-electron chi connectivity index (χ4n) is 4.35. The number of para-hydroxylation sites is 1. The van der Waals surface area contributed by atoms with Gasteiger partial charge < -0.3 is 23.7 Å². The highest BCUT2D eigenvalue weighted by atomic mass is 16.5. The number of ether oxygens (including phenoxy) is 3. The second kappa shape index (κ2) is 7.98. The SMILES string of the molecule is COc1cc(CN(C)C(=O)c2cn3c4c(cccc4c2=O)C[C@@H]3C)cc(OC)c1OC. The fourth-order valence-corrected chi connectivity index (χ4v) is 4.35. The maximum absolute atomic E-state index is 13.3. The van der Waals surface area contributed by atoms with Crippen LogP contribution in [0.25, 0.3) is 10.9 Å². The van der Waals surface area contributed by atoms with Gasteiger partial charge in [-0.25, -0.2) is 0 Å². The molecule has 162 valence electrons. The van der Waals surface area contributed by atoms with Crippen molar-refractivity contribution >= 4 is 16.8 Å². The number of aromatic nitrogens is 1. The monoisotopic (exact) mass is 422 g/mol. The van der Waals surface area contributed by atoms with Crippen molar-refractivity contribution in [3.8, 4) is 17.2 Å². The zero-order valence-electron chi connectivity index (χ0n) is 18.4. The first-order valence-electron chi connectivity index (χ1n) is 10.1. The molecule has 1 aliphatic rings. The number of amides is 1. The maximum Gasteiger partial charge on any atom is 0.259 e. The lowest BCUT2D eigenvalue weighted by molar-refractivity contribution is 0.0783. The number of methoxy groups -OCH3 is 3. The molecule has 1 aliphatic heterocycles. The van der Waals surface area contributed by atoms with Gasteiger partial charge in [0.2, 0.25) is 11.2 Å². The maximum atomic E-state index is 13.3. The lowest BCUT2D eigenvalue weighted by Gasteiger charge is -2.20. The molecule has 0 radical (unpaired) electrons. The number of benzene rings is 2. The van der Waals surface area contributed by atoms with Crippen LogP contribution >= 0.6 is 0 Å². The van der Waals surface area contributed by atoms with E-state index in [2.05, 4.69) is 6.92 Å². The summed E-state index contributed by atoms with van der Waals surface area (Å²) in [5.74, 6) is 1.19. The molecule has 0 fully saturated rings. The van der Waals surface area contributed by atoms with Gasteiger partial charge in [-0.2, -0.15) is 0 Å². The molecule has 0 unspecified atom stereocenters. The van der Waals surface area contributed by atoms with Crippen LogP contribution in [0.4, 0.5) is 0 Å². The quantitative estimate of drug-likeness (QED) is 0.609. The Bertz CT molecular complexity index is 1210. The third-order valence-electron chi connectivity index (χ3n) is 5.85. The molecular weight excluding hydrogens is 396 g/mol. The molecule has 1 aromatic heterocycles. The molecule has 3 aromatic rings. The minimum Gasteiger partial charge on any atom is -0.493 e. The van der Waals surface area contributed by atoms with E-state index in [9.17, 15) is 9.59 Å². The first-order valence-corrected chi connectivity index (χ1v) is 10.1. The third-order valence-corrected chi connectivity index (χ3v) is 5.85. The van der Waals surface area contributed by atoms with Crippen LogP contribution in [0.2, 0.25) is 0 Å². The Morgan fingerprint density at radius 1 is 1.13 bits per heavy atom. The van der Waals surface area contributed by atoms with Crippen LogP contribution in [0.1, 0.15) is 34.5 Å². The lowest BCUT2D eigenvalue weighted by Crippen LogP contribution is -2.31. The zero-order chi connectivity index (χ0) is 22.3. The van der Waals surface area contributed by atoms with E-state index in [4.69, 9.17) is 14.2 Å². The summed E-state index contributed by atoms with van der Waals surface area (Å²) in [4.78, 5) is 27.9. The Morgan fingerprint density at radius 3 is 2.42 bits per heavy atom. The van der Waals surface area contributed by atoms with Gasteiger partial charge >= 0.3 is 0 Å². The smallest absolute Gasteiger partial charge is 0.259 e. The summed E-state index contributed by atoms with van der Waals surface area (Å²) < 4.78 is 18.2. The molecule has 31 heavy (non-hydrogen) atoms. The van der Waals surface area contributed by atoms with Crippen LogP contribution in [-0.2, 0) is 13.0 Å². The van der Waals surface area contributed by atoms with Crippen molar-refractivity contribution in [3.63, 3.8) is 0 Å². The molecule has 0 saturated heterocycles. The molecule has 0 bridgehead atoms. The number of rotatable bonds is 6. The summed E-state index contributed by atoms with van der Waals surface area (Å²) in [5, 5.41) is 0.592. The van der Waals surface area contributed by atoms with E-state index in [1.54, 1.807) is 52.8 Å². The highest BCUT2D eigenvalue weighted by Gasteiger charge is 2.26. The molecular formula is C24H26N2O5. The van der Waals surface area contributed by atoms with E-state index in [0.29, 0.717) is 22.6 Å². The summed E-state index contributed by atoms with van der Waals surface area (Å²) in [7, 11) is 6.31. The van der Waals surface area contributed by atoms with Crippen LogP contribution < -0.4 is 19.6 Å². The fraction of sp³-hybridized carbons (Fsp3) is 0.333. The van der Waals surface area contributed by atoms with Crippen LogP contribution in [0.3, 0.4) is 0 Å². The number of carbonyl (C=O) groups excluding carboxylic acids is 1. The molecule has 2 heterocycles. The molecule has 4 rings (SSSR count). The van der Waals surface area contributed by atoms with Gasteiger partial charge in [-0.05, 0) is 42.7 Å². The Balaban J connectivity index is 1.70. The average Bonchev–Trinajstić information content (AvgIpc) is 3.10. The standard InChI is InChI=1S/C24H26N2O5/c1-14-9-16-7-6-8-17-21(16)26(14)13-18(22(17)27)24(28)25(2)12-15-10-19(29-3)23(31-5)20(11-15)30-4/h6-8,10-11,13-14H,9,12H2,1-5H3/t14-/m0/s1. The first-order chi connectivity index (χ1) is 14.9. The summed E-state index contributed by atoms with van der Waals surface area (Å²) in [6, 6.07) is 9.52. The van der Waals surface area contributed by atoms with Gasteiger partial charge in [-0.15, -0.1) is 0 Å². The molecule has 1 atom stereocenters. The molecule has 1 amide bonds. The first kappa shape index (κ1) is 20.8. The Labute approximate surface area is 180 Å². The van der Waals surface area contributed by atoms with Crippen LogP contribution in [-0.4, -0.2) is 43.8 Å². The van der Waals surface area contributed by atoms with Crippen molar-refractivity contribution in [2.75, 3.05) is 28.4 Å². The Kier molecular flexibility index (Phi) is 5.35. The number of pyridine rings is 1. The molecule has 0 saturated carbocycles. The molecule has 2 aromatic carbocycles. The summed E-state index contributed by atoms with van der Waals surface area (Å²) in [6.07, 6.45) is 2.57. The van der Waals surface area contributed by atoms with E-state index in [-0.39, 0.29) is 29.5 Å². The average molecular weight is 422 g/mol. The van der Waals surface area contributed by atoms with E-state index in [1.807, 2.05) is 16.7 Å². The highest BCUT2D eigenvalue weighted by molar-refractivity contribution is 5.98. The summed E-state index contributed by atoms with van der Waals surface area (Å²) in [6.45, 7) is 2.38. The second-order valence-corrected chi connectivity index (χ2v) is 7.84. The molecule has 0 spiro atoms. The van der Waals surface area contributed by atoms with Gasteiger partial charge in [0.05, 0.1) is 26.8 Å². The molecule has 7 heteroatoms. The molecule has 7 nitrogen and oxygen atoms in total.